The van der Waals surface area contributed by atoms with Crippen LogP contribution in [0, 0.1) is 0 Å². The molecule has 2 atom stereocenters. The van der Waals surface area contributed by atoms with Crippen LogP contribution in [0.3, 0.4) is 0 Å². The van der Waals surface area contributed by atoms with Gasteiger partial charge < -0.3 is 5.73 Å². The molecule has 1 aliphatic heterocycles. The van der Waals surface area contributed by atoms with E-state index < -0.39 is 10.0 Å². The SMILES string of the molecule is CC1C(N)CCN1S(=O)(=O)c1ccc2c(c1)CCC2. The van der Waals surface area contributed by atoms with Gasteiger partial charge in [-0.3, -0.25) is 0 Å². The van der Waals surface area contributed by atoms with Gasteiger partial charge in [0, 0.05) is 18.6 Å². The summed E-state index contributed by atoms with van der Waals surface area (Å²) < 4.78 is 26.9. The van der Waals surface area contributed by atoms with Crippen LogP contribution < -0.4 is 5.73 Å². The number of aryl methyl sites for hydroxylation is 2. The number of fused-ring (bicyclic) bond motifs is 1. The summed E-state index contributed by atoms with van der Waals surface area (Å²) in [6, 6.07) is 5.41. The van der Waals surface area contributed by atoms with Crippen molar-refractivity contribution in [3.8, 4) is 0 Å². The minimum absolute atomic E-state index is 0.0517. The minimum atomic E-state index is -3.39. The summed E-state index contributed by atoms with van der Waals surface area (Å²) >= 11 is 0. The maximum Gasteiger partial charge on any atom is 0.243 e. The third-order valence-electron chi connectivity index (χ3n) is 4.43. The number of nitrogens with two attached hydrogens (primary N) is 1. The number of sulfonamides is 1. The van der Waals surface area contributed by atoms with Gasteiger partial charge in [0.15, 0.2) is 0 Å². The number of hydrogen-bond acceptors (Lipinski definition) is 3. The van der Waals surface area contributed by atoms with Crippen LogP contribution in [0.5, 0.6) is 0 Å². The number of benzene rings is 1. The third kappa shape index (κ3) is 2.10. The summed E-state index contributed by atoms with van der Waals surface area (Å²) in [5, 5.41) is 0. The van der Waals surface area contributed by atoms with E-state index in [4.69, 9.17) is 5.73 Å². The summed E-state index contributed by atoms with van der Waals surface area (Å²) in [4.78, 5) is 0.425. The molecule has 4 nitrogen and oxygen atoms in total. The van der Waals surface area contributed by atoms with Crippen molar-refractivity contribution in [3.05, 3.63) is 29.3 Å². The molecule has 2 N–H and O–H groups in total. The van der Waals surface area contributed by atoms with E-state index in [1.165, 1.54) is 11.1 Å². The van der Waals surface area contributed by atoms with Crippen molar-refractivity contribution < 1.29 is 8.42 Å². The second kappa shape index (κ2) is 4.58. The highest BCUT2D eigenvalue weighted by Crippen LogP contribution is 2.29. The predicted molar refractivity (Wildman–Crippen MR) is 74.4 cm³/mol. The van der Waals surface area contributed by atoms with Gasteiger partial charge >= 0.3 is 0 Å². The molecule has 0 spiro atoms. The lowest BCUT2D eigenvalue weighted by molar-refractivity contribution is 0.393. The van der Waals surface area contributed by atoms with Crippen molar-refractivity contribution in [2.75, 3.05) is 6.54 Å². The normalized spacial score (nSPS) is 27.7. The lowest BCUT2D eigenvalue weighted by Gasteiger charge is -2.23. The van der Waals surface area contributed by atoms with Gasteiger partial charge in [0.2, 0.25) is 10.0 Å². The van der Waals surface area contributed by atoms with Crippen molar-refractivity contribution in [2.45, 2.75) is 49.6 Å². The van der Waals surface area contributed by atoms with E-state index in [9.17, 15) is 8.42 Å². The Hall–Kier alpha value is -0.910. The van der Waals surface area contributed by atoms with E-state index in [1.54, 1.807) is 10.4 Å². The molecule has 1 heterocycles. The van der Waals surface area contributed by atoms with Crippen LogP contribution in [-0.2, 0) is 22.9 Å². The molecule has 0 bridgehead atoms. The summed E-state index contributed by atoms with van der Waals surface area (Å²) in [5.41, 5.74) is 8.42. The van der Waals surface area contributed by atoms with Gasteiger partial charge in [-0.2, -0.15) is 4.31 Å². The van der Waals surface area contributed by atoms with Crippen LogP contribution in [-0.4, -0.2) is 31.4 Å². The number of nitrogens with zero attached hydrogens (tertiary/aromatic N) is 1. The average Bonchev–Trinajstić information content (AvgIpc) is 2.96. The molecule has 19 heavy (non-hydrogen) atoms. The summed E-state index contributed by atoms with van der Waals surface area (Å²) in [5.74, 6) is 0. The summed E-state index contributed by atoms with van der Waals surface area (Å²) in [6.45, 7) is 2.42. The Morgan fingerprint density at radius 3 is 2.68 bits per heavy atom. The molecule has 1 saturated heterocycles. The Morgan fingerprint density at radius 2 is 2.00 bits per heavy atom. The first-order chi connectivity index (χ1) is 9.00. The molecule has 0 aromatic heterocycles. The van der Waals surface area contributed by atoms with Crippen LogP contribution in [0.2, 0.25) is 0 Å². The molecule has 1 aromatic rings. The van der Waals surface area contributed by atoms with E-state index in [1.807, 2.05) is 19.1 Å². The van der Waals surface area contributed by atoms with Crippen LogP contribution in [0.1, 0.15) is 30.9 Å². The molecule has 0 amide bonds. The lowest BCUT2D eigenvalue weighted by Crippen LogP contribution is -2.40. The minimum Gasteiger partial charge on any atom is -0.326 e. The standard InChI is InChI=1S/C14H20N2O2S/c1-10-14(15)7-8-16(10)19(17,18)13-6-5-11-3-2-4-12(11)9-13/h5-6,9-10,14H,2-4,7-8,15H2,1H3. The van der Waals surface area contributed by atoms with E-state index in [-0.39, 0.29) is 12.1 Å². The van der Waals surface area contributed by atoms with Crippen LogP contribution in [0.4, 0.5) is 0 Å². The molecule has 104 valence electrons. The first-order valence-corrected chi connectivity index (χ1v) is 8.33. The predicted octanol–water partition coefficient (Wildman–Crippen LogP) is 1.29. The fourth-order valence-electron chi connectivity index (χ4n) is 3.12. The fraction of sp³-hybridized carbons (Fsp3) is 0.571. The van der Waals surface area contributed by atoms with Crippen molar-refractivity contribution in [1.29, 1.82) is 0 Å². The highest BCUT2D eigenvalue weighted by Gasteiger charge is 2.37. The molecule has 1 aromatic carbocycles. The maximum atomic E-state index is 12.7. The smallest absolute Gasteiger partial charge is 0.243 e. The van der Waals surface area contributed by atoms with Gasteiger partial charge in [0.05, 0.1) is 4.90 Å². The summed E-state index contributed by atoms with van der Waals surface area (Å²) in [6.07, 6.45) is 3.93. The zero-order valence-electron chi connectivity index (χ0n) is 11.2. The van der Waals surface area contributed by atoms with E-state index >= 15 is 0 Å². The molecule has 1 fully saturated rings. The highest BCUT2D eigenvalue weighted by molar-refractivity contribution is 7.89. The molecule has 2 unspecified atom stereocenters. The molecule has 1 aliphatic carbocycles. The molecular weight excluding hydrogens is 260 g/mol. The zero-order valence-corrected chi connectivity index (χ0v) is 12.0. The third-order valence-corrected chi connectivity index (χ3v) is 6.42. The fourth-order valence-corrected chi connectivity index (χ4v) is 4.86. The van der Waals surface area contributed by atoms with E-state index in [0.29, 0.717) is 11.4 Å². The molecule has 0 saturated carbocycles. The van der Waals surface area contributed by atoms with Crippen molar-refractivity contribution in [3.63, 3.8) is 0 Å². The lowest BCUT2D eigenvalue weighted by atomic mass is 10.1. The molecular formula is C14H20N2O2S. The van der Waals surface area contributed by atoms with E-state index in [2.05, 4.69) is 0 Å². The summed E-state index contributed by atoms with van der Waals surface area (Å²) in [7, 11) is -3.39. The molecule has 3 rings (SSSR count). The molecule has 2 aliphatic rings. The van der Waals surface area contributed by atoms with Crippen molar-refractivity contribution in [1.82, 2.24) is 4.31 Å². The molecule has 5 heteroatoms. The zero-order chi connectivity index (χ0) is 13.6. The Labute approximate surface area is 114 Å². The quantitative estimate of drug-likeness (QED) is 0.888. The largest absolute Gasteiger partial charge is 0.326 e. The monoisotopic (exact) mass is 280 g/mol. The Kier molecular flexibility index (Phi) is 3.15. The van der Waals surface area contributed by atoms with Crippen LogP contribution in [0.15, 0.2) is 23.1 Å². The van der Waals surface area contributed by atoms with Crippen molar-refractivity contribution >= 4 is 10.0 Å². The highest BCUT2D eigenvalue weighted by atomic mass is 32.2. The second-order valence-electron chi connectivity index (χ2n) is 5.59. The number of hydrogen-bond donors (Lipinski definition) is 1. The second-order valence-corrected chi connectivity index (χ2v) is 7.48. The first kappa shape index (κ1) is 13.1. The number of rotatable bonds is 2. The molecule has 0 radical (unpaired) electrons. The van der Waals surface area contributed by atoms with Crippen LogP contribution >= 0.6 is 0 Å². The van der Waals surface area contributed by atoms with Gasteiger partial charge in [-0.05, 0) is 55.9 Å². The van der Waals surface area contributed by atoms with E-state index in [0.717, 1.165) is 25.7 Å². The van der Waals surface area contributed by atoms with Gasteiger partial charge in [-0.25, -0.2) is 8.42 Å². The Morgan fingerprint density at radius 1 is 1.26 bits per heavy atom. The first-order valence-electron chi connectivity index (χ1n) is 6.89. The average molecular weight is 280 g/mol. The van der Waals surface area contributed by atoms with Gasteiger partial charge in [0.1, 0.15) is 0 Å². The maximum absolute atomic E-state index is 12.7. The van der Waals surface area contributed by atoms with Crippen LogP contribution in [0.25, 0.3) is 0 Å². The topological polar surface area (TPSA) is 63.4 Å². The Balaban J connectivity index is 1.97. The Bertz CT molecular complexity index is 597. The van der Waals surface area contributed by atoms with Gasteiger partial charge in [0.25, 0.3) is 0 Å². The van der Waals surface area contributed by atoms with Gasteiger partial charge in [-0.15, -0.1) is 0 Å². The van der Waals surface area contributed by atoms with Gasteiger partial charge in [-0.1, -0.05) is 6.07 Å². The van der Waals surface area contributed by atoms with Crippen molar-refractivity contribution in [2.24, 2.45) is 5.73 Å².